The first-order chi connectivity index (χ1) is 9.15. The van der Waals surface area contributed by atoms with Crippen molar-refractivity contribution in [1.29, 1.82) is 0 Å². The number of carbonyl (C=O) groups excluding carboxylic acids is 2. The summed E-state index contributed by atoms with van der Waals surface area (Å²) in [5.41, 5.74) is 1.72. The first kappa shape index (κ1) is 16.8. The fourth-order valence-electron chi connectivity index (χ4n) is 1.81. The number of esters is 1. The van der Waals surface area contributed by atoms with Gasteiger partial charge in [0.25, 0.3) is 5.91 Å². The van der Waals surface area contributed by atoms with E-state index in [0.717, 1.165) is 5.56 Å². The number of nitrogens with zero attached hydrogens (tertiary/aromatic N) is 1. The van der Waals surface area contributed by atoms with Crippen molar-refractivity contribution in [2.75, 3.05) is 13.3 Å². The van der Waals surface area contributed by atoms with E-state index in [1.165, 1.54) is 11.4 Å². The minimum atomic E-state index is -1.41. The Balaban J connectivity index is 2.95. The molecule has 1 aromatic carbocycles. The van der Waals surface area contributed by atoms with Crippen LogP contribution in [0.3, 0.4) is 0 Å². The molecular formula is C14H21NO3SSi. The molecule has 0 heterocycles. The molecule has 20 heavy (non-hydrogen) atoms. The number of carbonyl (C=O) groups is 2. The van der Waals surface area contributed by atoms with E-state index < -0.39 is 14.0 Å². The third-order valence-corrected chi connectivity index (χ3v) is 4.59. The number of thiol groups is 1. The van der Waals surface area contributed by atoms with Gasteiger partial charge >= 0.3 is 5.97 Å². The third kappa shape index (κ3) is 4.38. The van der Waals surface area contributed by atoms with Crippen LogP contribution in [0, 0.1) is 6.92 Å². The number of methoxy groups -OCH3 is 1. The summed E-state index contributed by atoms with van der Waals surface area (Å²) >= 11 is 4.28. The van der Waals surface area contributed by atoms with Crippen molar-refractivity contribution < 1.29 is 14.3 Å². The largest absolute Gasteiger partial charge is 0.465 e. The highest BCUT2D eigenvalue weighted by molar-refractivity contribution is 7.78. The molecular weight excluding hydrogens is 290 g/mol. The lowest BCUT2D eigenvalue weighted by molar-refractivity contribution is 0.0599. The van der Waals surface area contributed by atoms with Crippen molar-refractivity contribution in [3.63, 3.8) is 0 Å². The maximum absolute atomic E-state index is 12.3. The van der Waals surface area contributed by atoms with Gasteiger partial charge in [-0.2, -0.15) is 0 Å². The fraction of sp³-hybridized carbons (Fsp3) is 0.429. The second kappa shape index (κ2) is 6.45. The van der Waals surface area contributed by atoms with Gasteiger partial charge in [-0.3, -0.25) is 9.10 Å². The average molecular weight is 311 g/mol. The summed E-state index contributed by atoms with van der Waals surface area (Å²) in [5, 5.41) is 0. The number of rotatable bonds is 4. The number of aryl methyl sites for hydroxylation is 1. The molecule has 0 bridgehead atoms. The second-order valence-electron chi connectivity index (χ2n) is 5.94. The zero-order valence-corrected chi connectivity index (χ0v) is 14.5. The Morgan fingerprint density at radius 1 is 1.30 bits per heavy atom. The van der Waals surface area contributed by atoms with Gasteiger partial charge in [-0.1, -0.05) is 32.5 Å². The van der Waals surface area contributed by atoms with Crippen LogP contribution in [0.2, 0.25) is 19.6 Å². The molecule has 0 N–H and O–H groups in total. The molecule has 0 fully saturated rings. The van der Waals surface area contributed by atoms with Crippen molar-refractivity contribution in [3.05, 3.63) is 34.9 Å². The molecule has 6 heteroatoms. The summed E-state index contributed by atoms with van der Waals surface area (Å²) in [6, 6.07) is 4.95. The van der Waals surface area contributed by atoms with Crippen molar-refractivity contribution in [1.82, 2.24) is 4.31 Å². The van der Waals surface area contributed by atoms with E-state index in [-0.39, 0.29) is 5.91 Å². The predicted octanol–water partition coefficient (Wildman–Crippen LogP) is 2.95. The predicted molar refractivity (Wildman–Crippen MR) is 85.9 cm³/mol. The first-order valence-corrected chi connectivity index (χ1v) is 10.5. The number of benzene rings is 1. The van der Waals surface area contributed by atoms with Crippen LogP contribution in [0.1, 0.15) is 26.3 Å². The van der Waals surface area contributed by atoms with Crippen LogP contribution in [0.25, 0.3) is 0 Å². The highest BCUT2D eigenvalue weighted by atomic mass is 32.1. The smallest absolute Gasteiger partial charge is 0.338 e. The Hall–Kier alpha value is -1.27. The van der Waals surface area contributed by atoms with Crippen LogP contribution in [0.4, 0.5) is 0 Å². The lowest BCUT2D eigenvalue weighted by Crippen LogP contribution is -2.38. The molecule has 0 radical (unpaired) electrons. The van der Waals surface area contributed by atoms with E-state index in [0.29, 0.717) is 17.3 Å². The fourth-order valence-corrected chi connectivity index (χ4v) is 4.24. The monoisotopic (exact) mass is 311 g/mol. The second-order valence-corrected chi connectivity index (χ2v) is 11.9. The van der Waals surface area contributed by atoms with Crippen LogP contribution in [-0.2, 0) is 4.74 Å². The van der Waals surface area contributed by atoms with E-state index in [2.05, 4.69) is 37.2 Å². The van der Waals surface area contributed by atoms with Gasteiger partial charge in [0.15, 0.2) is 0 Å². The van der Waals surface area contributed by atoms with Crippen LogP contribution in [-0.4, -0.2) is 37.5 Å². The Kier molecular flexibility index (Phi) is 5.41. The van der Waals surface area contributed by atoms with E-state index in [1.54, 1.807) is 25.1 Å². The molecule has 0 aliphatic carbocycles. The highest BCUT2D eigenvalue weighted by Gasteiger charge is 2.22. The highest BCUT2D eigenvalue weighted by Crippen LogP contribution is 2.16. The Labute approximate surface area is 126 Å². The summed E-state index contributed by atoms with van der Waals surface area (Å²) < 4.78 is 6.14. The molecule has 0 aliphatic rings. The summed E-state index contributed by atoms with van der Waals surface area (Å²) in [5.74, 6) is -0.540. The molecule has 4 nitrogen and oxygen atoms in total. The Morgan fingerprint density at radius 3 is 2.35 bits per heavy atom. The lowest BCUT2D eigenvalue weighted by atomic mass is 10.0. The van der Waals surface area contributed by atoms with Gasteiger partial charge in [0.2, 0.25) is 0 Å². The quantitative estimate of drug-likeness (QED) is 0.528. The van der Waals surface area contributed by atoms with Crippen molar-refractivity contribution in [2.24, 2.45) is 0 Å². The molecule has 1 rings (SSSR count). The SMILES string of the molecule is COC(=O)c1ccc(C(=O)N(S)C[Si](C)(C)C)cc1C. The maximum atomic E-state index is 12.3. The maximum Gasteiger partial charge on any atom is 0.338 e. The van der Waals surface area contributed by atoms with Gasteiger partial charge in [0, 0.05) is 11.7 Å². The molecule has 0 spiro atoms. The average Bonchev–Trinajstić information content (AvgIpc) is 2.34. The normalized spacial score (nSPS) is 11.1. The molecule has 1 aromatic rings. The first-order valence-electron chi connectivity index (χ1n) is 6.35. The van der Waals surface area contributed by atoms with E-state index >= 15 is 0 Å². The van der Waals surface area contributed by atoms with Crippen LogP contribution < -0.4 is 0 Å². The number of amides is 1. The lowest BCUT2D eigenvalue weighted by Gasteiger charge is -2.24. The molecule has 0 unspecified atom stereocenters. The standard InChI is InChI=1S/C14H21NO3SSi/c1-10-8-11(6-7-12(10)14(17)18-2)13(16)15(19)9-20(3,4)5/h6-8,19H,9H2,1-5H3. The minimum Gasteiger partial charge on any atom is -0.465 e. The van der Waals surface area contributed by atoms with E-state index in [1.807, 2.05) is 0 Å². The van der Waals surface area contributed by atoms with Gasteiger partial charge in [-0.25, -0.2) is 4.79 Å². The molecule has 0 saturated carbocycles. The van der Waals surface area contributed by atoms with Crippen LogP contribution >= 0.6 is 12.8 Å². The van der Waals surface area contributed by atoms with Crippen molar-refractivity contribution in [3.8, 4) is 0 Å². The van der Waals surface area contributed by atoms with Gasteiger partial charge in [0.1, 0.15) is 0 Å². The van der Waals surface area contributed by atoms with Gasteiger partial charge in [-0.05, 0) is 30.7 Å². The molecule has 1 amide bonds. The number of hydrogen-bond donors (Lipinski definition) is 1. The summed E-state index contributed by atoms with van der Waals surface area (Å²) in [6.45, 7) is 8.31. The zero-order valence-electron chi connectivity index (χ0n) is 12.6. The zero-order chi connectivity index (χ0) is 15.5. The Morgan fingerprint density at radius 2 is 1.90 bits per heavy atom. The van der Waals surface area contributed by atoms with Gasteiger partial charge in [0.05, 0.1) is 20.7 Å². The molecule has 110 valence electrons. The van der Waals surface area contributed by atoms with Crippen LogP contribution in [0.15, 0.2) is 18.2 Å². The Bertz CT molecular complexity index is 526. The minimum absolute atomic E-state index is 0.143. The van der Waals surface area contributed by atoms with Crippen molar-refractivity contribution >= 4 is 32.8 Å². The number of hydrogen-bond acceptors (Lipinski definition) is 4. The molecule has 0 saturated heterocycles. The van der Waals surface area contributed by atoms with E-state index in [9.17, 15) is 9.59 Å². The van der Waals surface area contributed by atoms with Gasteiger partial charge < -0.3 is 4.74 Å². The van der Waals surface area contributed by atoms with Crippen molar-refractivity contribution in [2.45, 2.75) is 26.6 Å². The summed E-state index contributed by atoms with van der Waals surface area (Å²) in [7, 11) is -0.0720. The summed E-state index contributed by atoms with van der Waals surface area (Å²) in [6.07, 6.45) is 0.673. The number of ether oxygens (including phenoxy) is 1. The summed E-state index contributed by atoms with van der Waals surface area (Å²) in [4.78, 5) is 23.8. The molecule has 0 aromatic heterocycles. The molecule has 0 atom stereocenters. The van der Waals surface area contributed by atoms with E-state index in [4.69, 9.17) is 0 Å². The molecule has 0 aliphatic heterocycles. The third-order valence-electron chi connectivity index (χ3n) is 2.74. The van der Waals surface area contributed by atoms with Crippen LogP contribution in [0.5, 0.6) is 0 Å². The van der Waals surface area contributed by atoms with Gasteiger partial charge in [-0.15, -0.1) is 0 Å². The topological polar surface area (TPSA) is 46.6 Å².